The fourth-order valence-corrected chi connectivity index (χ4v) is 9.08. The first kappa shape index (κ1) is 107. The Morgan fingerprint density at radius 3 is 0.830 bits per heavy atom. The molecule has 2 radical (unpaired) electrons. The van der Waals surface area contributed by atoms with Crippen LogP contribution in [0, 0.1) is 76.7 Å². The minimum absolute atomic E-state index is 0. The average molecular weight is 1580 g/mol. The molecular weight excluding hydrogens is 1430 g/mol. The molecule has 0 bridgehead atoms. The summed E-state index contributed by atoms with van der Waals surface area (Å²) in [7, 11) is 0. The number of nitrogens with zero attached hydrogens (tertiary/aromatic N) is 8. The summed E-state index contributed by atoms with van der Waals surface area (Å²) in [4.78, 5) is 19.2. The maximum absolute atomic E-state index is 3.25. The second kappa shape index (κ2) is 67.6. The molecule has 8 rings (SSSR count). The summed E-state index contributed by atoms with van der Waals surface area (Å²) in [5, 5.41) is 0. The van der Waals surface area contributed by atoms with Crippen LogP contribution in [0.2, 0.25) is 0 Å². The van der Waals surface area contributed by atoms with Crippen LogP contribution in [-0.2, 0) is 40.2 Å². The molecule has 88 heavy (non-hydrogen) atoms. The quantitative estimate of drug-likeness (QED) is 0.0879. The van der Waals surface area contributed by atoms with Gasteiger partial charge in [0.15, 0.2) is 0 Å². The van der Waals surface area contributed by atoms with E-state index in [0.717, 1.165) is 38.8 Å². The summed E-state index contributed by atoms with van der Waals surface area (Å²) in [6, 6.07) is 4.36. The monoisotopic (exact) mass is 1580 g/mol. The maximum atomic E-state index is 3.25. The summed E-state index contributed by atoms with van der Waals surface area (Å²) < 4.78 is 0. The van der Waals surface area contributed by atoms with Crippen LogP contribution in [0.15, 0.2) is 95.7 Å². The van der Waals surface area contributed by atoms with Gasteiger partial charge in [-0.3, -0.25) is 24.3 Å². The van der Waals surface area contributed by atoms with Crippen LogP contribution in [0.1, 0.15) is 262 Å². The molecule has 2 saturated heterocycles. The Bertz CT molecular complexity index is 1640. The van der Waals surface area contributed by atoms with Crippen LogP contribution < -0.4 is 0 Å². The van der Waals surface area contributed by atoms with Crippen LogP contribution in [0.4, 0.5) is 0 Å². The van der Waals surface area contributed by atoms with E-state index < -0.39 is 0 Å². The van der Waals surface area contributed by atoms with E-state index >= 15 is 0 Å². The molecule has 4 aliphatic heterocycles. The zero-order chi connectivity index (χ0) is 61.0. The van der Waals surface area contributed by atoms with Crippen molar-refractivity contribution in [1.29, 1.82) is 0 Å². The molecule has 530 valence electrons. The number of hydrogen-bond donors (Lipinski definition) is 0. The largest absolute Gasteiger partial charge is 0.531 e. The number of hydrogen-bond acceptors (Lipinski definition) is 8. The Labute approximate surface area is 584 Å². The van der Waals surface area contributed by atoms with Crippen LogP contribution in [-0.4, -0.2) is 114 Å². The average Bonchev–Trinajstić information content (AvgIpc) is 4.41. The Kier molecular flexibility index (Phi) is 82.5. The zero-order valence-electron chi connectivity index (χ0n) is 56.9. The van der Waals surface area contributed by atoms with E-state index in [1.54, 1.807) is 0 Å². The van der Waals surface area contributed by atoms with Crippen molar-refractivity contribution in [2.75, 3.05) is 26.2 Å². The summed E-state index contributed by atoms with van der Waals surface area (Å²) in [5.74, 6) is 0. The Morgan fingerprint density at radius 2 is 0.614 bits per heavy atom. The second-order valence-electron chi connectivity index (χ2n) is 19.3. The van der Waals surface area contributed by atoms with Crippen molar-refractivity contribution >= 4 is 0 Å². The van der Waals surface area contributed by atoms with Gasteiger partial charge in [0.05, 0.1) is 0 Å². The molecule has 4 heterocycles. The molecule has 0 aromatic rings. The van der Waals surface area contributed by atoms with E-state index in [2.05, 4.69) is 272 Å². The van der Waals surface area contributed by atoms with Crippen molar-refractivity contribution < 1.29 is 40.2 Å². The third kappa shape index (κ3) is 38.7. The summed E-state index contributed by atoms with van der Waals surface area (Å²) >= 11 is 0. The molecule has 0 spiro atoms. The van der Waals surface area contributed by atoms with Gasteiger partial charge in [-0.15, -0.1) is 24.2 Å². The molecule has 0 saturated carbocycles. The smallest absolute Gasteiger partial charge is 0 e. The van der Waals surface area contributed by atoms with Gasteiger partial charge in [-0.2, -0.15) is 65.3 Å². The zero-order valence-corrected chi connectivity index (χ0v) is 61.7. The number of allylic oxidation sites excluding steroid dienone is 16. The van der Waals surface area contributed by atoms with E-state index in [4.69, 9.17) is 0 Å². The minimum Gasteiger partial charge on any atom is -0.531 e. The topological polar surface area (TPSA) is 25.9 Å². The van der Waals surface area contributed by atoms with Gasteiger partial charge >= 0.3 is 0 Å². The molecule has 2 fully saturated rings. The molecule has 4 aliphatic carbocycles. The van der Waals surface area contributed by atoms with Crippen molar-refractivity contribution in [3.8, 4) is 0 Å². The third-order valence-corrected chi connectivity index (χ3v) is 14.7. The molecule has 8 atom stereocenters. The summed E-state index contributed by atoms with van der Waals surface area (Å²) in [5.41, 5.74) is 4.87. The Balaban J connectivity index is -0.000000111. The van der Waals surface area contributed by atoms with Gasteiger partial charge in [-0.25, -0.2) is 37.6 Å². The molecule has 0 amide bonds. The predicted molar refractivity (Wildman–Crippen MR) is 394 cm³/mol. The third-order valence-electron chi connectivity index (χ3n) is 14.7. The fraction of sp³-hybridized carbons (Fsp3) is 0.641. The molecular formula is C78H148Ir2N8-12. The summed E-state index contributed by atoms with van der Waals surface area (Å²) in [6.45, 7) is 64.6. The molecule has 10 heteroatoms. The minimum atomic E-state index is 0. The molecule has 8 aliphatic rings. The molecule has 0 N–H and O–H groups in total. The van der Waals surface area contributed by atoms with Crippen LogP contribution in [0.3, 0.4) is 0 Å². The predicted octanol–water partition coefficient (Wildman–Crippen LogP) is 22.1. The van der Waals surface area contributed by atoms with Crippen LogP contribution in [0.25, 0.3) is 0 Å². The van der Waals surface area contributed by atoms with Crippen molar-refractivity contribution in [2.24, 2.45) is 0 Å². The normalized spacial score (nSPS) is 20.6. The van der Waals surface area contributed by atoms with Gasteiger partial charge in [-0.1, -0.05) is 209 Å². The SMILES string of the molecule is C.C.C.C.C.C.CC.CC.CC.CC.CC.CC.C[CH-][C@H](C)N1C=CN(CCCCN2C=CN([C@@H](C)[CH-]C)[CH-]2)[CH-]1.C[CH-][C@H](C)N1[CH-]N(CCCCN2[CH-]N([C@@H](C)[CH-]C)[C@H](C)[C@@H]2C)[C@@H](C)[C@H]1C.[C-]1=C(C2=[C-]CC=C2)C=CC1.[C-]1=C(C2=[C-]CC=C2)C=CC1.[Ir].[Ir]. The Morgan fingerprint density at radius 1 is 0.375 bits per heavy atom. The summed E-state index contributed by atoms with van der Waals surface area (Å²) in [6.07, 6.45) is 56.4. The van der Waals surface area contributed by atoms with Crippen LogP contribution in [0.5, 0.6) is 0 Å². The van der Waals surface area contributed by atoms with E-state index in [0.29, 0.717) is 48.3 Å². The maximum Gasteiger partial charge on any atom is 0 e. The molecule has 0 unspecified atom stereocenters. The number of unbranched alkanes of at least 4 members (excludes halogenated alkanes) is 2. The van der Waals surface area contributed by atoms with E-state index in [-0.39, 0.29) is 84.8 Å². The molecule has 8 nitrogen and oxygen atoms in total. The first-order chi connectivity index (χ1) is 38.9. The van der Waals surface area contributed by atoms with Crippen molar-refractivity contribution in [2.45, 2.75) is 310 Å². The standard InChI is InChI=1S/C22H42N4.C18H30N4.2C10H8.6C2H6.6CH4.2Ir/c1-9-17(3)25-15-23(19(5)21(25)7)13-11-12-14-24-16-26(18(4)10-2)22(8)20(24)6;1-5-17(3)21-13-11-19(15-21)9-7-8-10-20-12-14-22(16-20)18(4)6-2;2*1-2-6-9(5-1)10-7-3-4-8-10;6*1-2;;;;;;;;/h9-10,15-22H,11-14H2,1-8H3;5-6,11-18H,7-10H2,1-4H3;2*1,3,5,7H,2,4H2;6*1-2H3;6*1H4;;/q2*-4;2*-2;;;;;;;;;;;;;;/t17-,18-,19-,20-,21+,22+;17-,18-;;;;;;;;;;;;;;;;/m00................/s1. The van der Waals surface area contributed by atoms with E-state index in [1.165, 1.54) is 61.1 Å². The van der Waals surface area contributed by atoms with Crippen molar-refractivity contribution in [1.82, 2.24) is 39.2 Å². The van der Waals surface area contributed by atoms with E-state index in [1.807, 2.05) is 83.1 Å². The van der Waals surface area contributed by atoms with Gasteiger partial charge in [0, 0.05) is 40.2 Å². The molecule has 0 aromatic heterocycles. The first-order valence-electron chi connectivity index (χ1n) is 32.1. The van der Waals surface area contributed by atoms with Gasteiger partial charge < -0.3 is 87.2 Å². The molecule has 0 aromatic carbocycles. The van der Waals surface area contributed by atoms with Crippen molar-refractivity contribution in [3.63, 3.8) is 0 Å². The second-order valence-corrected chi connectivity index (χ2v) is 19.3. The van der Waals surface area contributed by atoms with Crippen LogP contribution >= 0.6 is 0 Å². The van der Waals surface area contributed by atoms with Gasteiger partial charge in [-0.05, 0) is 101 Å². The first-order valence-corrected chi connectivity index (χ1v) is 32.1. The fourth-order valence-electron chi connectivity index (χ4n) is 9.08. The van der Waals surface area contributed by atoms with Gasteiger partial charge in [0.25, 0.3) is 0 Å². The van der Waals surface area contributed by atoms with Crippen molar-refractivity contribution in [3.05, 3.63) is 172 Å². The van der Waals surface area contributed by atoms with E-state index in [9.17, 15) is 0 Å². The number of rotatable bonds is 20. The van der Waals surface area contributed by atoms with Gasteiger partial charge in [0.1, 0.15) is 0 Å². The van der Waals surface area contributed by atoms with Gasteiger partial charge in [0.2, 0.25) is 0 Å². The Hall–Kier alpha value is -2.26.